The predicted molar refractivity (Wildman–Crippen MR) is 114 cm³/mol. The molecule has 2 rings (SSSR count). The number of amides is 1. The SMILES string of the molecule is COC(=O)c1ccc(CC(CNC(=O)OC(C)(C)C)Cc2ccc(C)cc2)cc1. The number of alkyl carbamates (subject to hydrolysis) is 1. The molecule has 0 saturated carbocycles. The molecule has 0 aliphatic heterocycles. The van der Waals surface area contributed by atoms with Gasteiger partial charge in [-0.15, -0.1) is 0 Å². The Kier molecular flexibility index (Phi) is 7.82. The van der Waals surface area contributed by atoms with E-state index in [1.807, 2.05) is 32.9 Å². The van der Waals surface area contributed by atoms with Crippen molar-refractivity contribution in [3.05, 3.63) is 70.8 Å². The molecular formula is C24H31NO4. The third kappa shape index (κ3) is 7.98. The van der Waals surface area contributed by atoms with Crippen LogP contribution in [0.4, 0.5) is 4.79 Å². The van der Waals surface area contributed by atoms with E-state index < -0.39 is 11.7 Å². The molecule has 5 nitrogen and oxygen atoms in total. The smallest absolute Gasteiger partial charge is 0.407 e. The highest BCUT2D eigenvalue weighted by atomic mass is 16.6. The number of ether oxygens (including phenoxy) is 2. The minimum absolute atomic E-state index is 0.189. The lowest BCUT2D eigenvalue weighted by atomic mass is 9.92. The van der Waals surface area contributed by atoms with Crippen molar-refractivity contribution >= 4 is 12.1 Å². The molecule has 0 aliphatic rings. The number of rotatable bonds is 7. The summed E-state index contributed by atoms with van der Waals surface area (Å²) in [5, 5.41) is 2.89. The number of hydrogen-bond acceptors (Lipinski definition) is 4. The molecule has 1 N–H and O–H groups in total. The van der Waals surface area contributed by atoms with E-state index in [4.69, 9.17) is 9.47 Å². The Balaban J connectivity index is 2.07. The minimum atomic E-state index is -0.528. The van der Waals surface area contributed by atoms with Crippen LogP contribution >= 0.6 is 0 Å². The van der Waals surface area contributed by atoms with Crippen LogP contribution in [-0.4, -0.2) is 31.3 Å². The first-order valence-corrected chi connectivity index (χ1v) is 9.86. The zero-order chi connectivity index (χ0) is 21.4. The number of esters is 1. The van der Waals surface area contributed by atoms with Crippen LogP contribution in [0.25, 0.3) is 0 Å². The van der Waals surface area contributed by atoms with Crippen molar-refractivity contribution in [1.29, 1.82) is 0 Å². The zero-order valence-corrected chi connectivity index (χ0v) is 18.0. The standard InChI is InChI=1S/C24H31NO4/c1-17-6-8-18(9-7-17)14-20(16-25-23(27)29-24(2,3)4)15-19-10-12-21(13-11-19)22(26)28-5/h6-13,20H,14-16H2,1-5H3,(H,25,27). The maximum Gasteiger partial charge on any atom is 0.407 e. The monoisotopic (exact) mass is 397 g/mol. The van der Waals surface area contributed by atoms with Crippen LogP contribution in [0, 0.1) is 12.8 Å². The van der Waals surface area contributed by atoms with Crippen molar-refractivity contribution in [2.24, 2.45) is 5.92 Å². The van der Waals surface area contributed by atoms with E-state index in [1.165, 1.54) is 18.2 Å². The highest BCUT2D eigenvalue weighted by Crippen LogP contribution is 2.17. The Bertz CT molecular complexity index is 804. The van der Waals surface area contributed by atoms with Crippen LogP contribution in [0.15, 0.2) is 48.5 Å². The van der Waals surface area contributed by atoms with Gasteiger partial charge in [0.1, 0.15) is 5.60 Å². The summed E-state index contributed by atoms with van der Waals surface area (Å²) in [6.07, 6.45) is 1.19. The Morgan fingerprint density at radius 3 is 1.93 bits per heavy atom. The van der Waals surface area contributed by atoms with Gasteiger partial charge < -0.3 is 14.8 Å². The van der Waals surface area contributed by atoms with E-state index in [-0.39, 0.29) is 11.9 Å². The van der Waals surface area contributed by atoms with E-state index >= 15 is 0 Å². The number of benzene rings is 2. The predicted octanol–water partition coefficient (Wildman–Crippen LogP) is 4.71. The number of carbonyl (C=O) groups excluding carboxylic acids is 2. The summed E-state index contributed by atoms with van der Waals surface area (Å²) in [4.78, 5) is 23.7. The molecule has 0 radical (unpaired) electrons. The average Bonchev–Trinajstić information content (AvgIpc) is 2.66. The molecule has 0 fully saturated rings. The lowest BCUT2D eigenvalue weighted by Gasteiger charge is -2.22. The minimum Gasteiger partial charge on any atom is -0.465 e. The molecule has 1 amide bonds. The van der Waals surface area contributed by atoms with Gasteiger partial charge in [0.15, 0.2) is 0 Å². The second-order valence-electron chi connectivity index (χ2n) is 8.33. The lowest BCUT2D eigenvalue weighted by Crippen LogP contribution is -2.36. The summed E-state index contributed by atoms with van der Waals surface area (Å²) >= 11 is 0. The Labute approximate surface area is 173 Å². The molecule has 0 heterocycles. The first kappa shape index (κ1) is 22.5. The van der Waals surface area contributed by atoms with Crippen LogP contribution < -0.4 is 5.32 Å². The Morgan fingerprint density at radius 2 is 1.45 bits per heavy atom. The Hall–Kier alpha value is -2.82. The summed E-state index contributed by atoms with van der Waals surface area (Å²) in [6, 6.07) is 15.8. The summed E-state index contributed by atoms with van der Waals surface area (Å²) in [6.45, 7) is 8.10. The number of hydrogen-bond donors (Lipinski definition) is 1. The number of aryl methyl sites for hydroxylation is 1. The second-order valence-corrected chi connectivity index (χ2v) is 8.33. The molecule has 156 valence electrons. The van der Waals surface area contributed by atoms with E-state index in [1.54, 1.807) is 12.1 Å². The number of carbonyl (C=O) groups is 2. The van der Waals surface area contributed by atoms with Gasteiger partial charge in [-0.1, -0.05) is 42.0 Å². The fourth-order valence-electron chi connectivity index (χ4n) is 3.04. The molecule has 0 saturated heterocycles. The molecule has 0 aliphatic carbocycles. The molecule has 0 bridgehead atoms. The van der Waals surface area contributed by atoms with Gasteiger partial charge in [0.2, 0.25) is 0 Å². The van der Waals surface area contributed by atoms with Crippen molar-refractivity contribution in [3.63, 3.8) is 0 Å². The molecular weight excluding hydrogens is 366 g/mol. The zero-order valence-electron chi connectivity index (χ0n) is 18.0. The molecule has 0 aromatic heterocycles. The molecule has 0 spiro atoms. The van der Waals surface area contributed by atoms with Gasteiger partial charge in [-0.2, -0.15) is 0 Å². The van der Waals surface area contributed by atoms with Gasteiger partial charge in [0, 0.05) is 6.54 Å². The van der Waals surface area contributed by atoms with Crippen molar-refractivity contribution in [2.45, 2.75) is 46.1 Å². The van der Waals surface area contributed by atoms with E-state index in [2.05, 4.69) is 36.5 Å². The molecule has 1 atom stereocenters. The molecule has 2 aromatic carbocycles. The summed E-state index contributed by atoms with van der Waals surface area (Å²) in [5.41, 5.74) is 3.53. The normalized spacial score (nSPS) is 12.2. The highest BCUT2D eigenvalue weighted by molar-refractivity contribution is 5.89. The molecule has 1 unspecified atom stereocenters. The summed E-state index contributed by atoms with van der Waals surface area (Å²) in [5.74, 6) is -0.159. The number of methoxy groups -OCH3 is 1. The third-order valence-electron chi connectivity index (χ3n) is 4.48. The largest absolute Gasteiger partial charge is 0.465 e. The lowest BCUT2D eigenvalue weighted by molar-refractivity contribution is 0.0517. The van der Waals surface area contributed by atoms with Crippen molar-refractivity contribution < 1.29 is 19.1 Å². The van der Waals surface area contributed by atoms with Crippen LogP contribution in [-0.2, 0) is 22.3 Å². The third-order valence-corrected chi connectivity index (χ3v) is 4.48. The van der Waals surface area contributed by atoms with Gasteiger partial charge >= 0.3 is 12.1 Å². The Morgan fingerprint density at radius 1 is 0.931 bits per heavy atom. The maximum absolute atomic E-state index is 12.1. The van der Waals surface area contributed by atoms with E-state index in [9.17, 15) is 9.59 Å². The fraction of sp³-hybridized carbons (Fsp3) is 0.417. The average molecular weight is 398 g/mol. The van der Waals surface area contributed by atoms with Gasteiger partial charge in [-0.05, 0) is 69.7 Å². The van der Waals surface area contributed by atoms with Gasteiger partial charge in [0.25, 0.3) is 0 Å². The van der Waals surface area contributed by atoms with Crippen LogP contribution in [0.3, 0.4) is 0 Å². The molecule has 29 heavy (non-hydrogen) atoms. The van der Waals surface area contributed by atoms with Crippen molar-refractivity contribution in [1.82, 2.24) is 5.32 Å². The number of nitrogens with one attached hydrogen (secondary N) is 1. The van der Waals surface area contributed by atoms with Crippen LogP contribution in [0.5, 0.6) is 0 Å². The van der Waals surface area contributed by atoms with Gasteiger partial charge in [-0.3, -0.25) is 0 Å². The second kappa shape index (κ2) is 10.1. The quantitative estimate of drug-likeness (QED) is 0.688. The fourth-order valence-corrected chi connectivity index (χ4v) is 3.04. The highest BCUT2D eigenvalue weighted by Gasteiger charge is 2.18. The van der Waals surface area contributed by atoms with Gasteiger partial charge in [0.05, 0.1) is 12.7 Å². The molecule has 5 heteroatoms. The van der Waals surface area contributed by atoms with Crippen LogP contribution in [0.1, 0.15) is 47.8 Å². The maximum atomic E-state index is 12.1. The van der Waals surface area contributed by atoms with Crippen LogP contribution in [0.2, 0.25) is 0 Å². The topological polar surface area (TPSA) is 64.6 Å². The van der Waals surface area contributed by atoms with E-state index in [0.717, 1.165) is 18.4 Å². The van der Waals surface area contributed by atoms with Gasteiger partial charge in [-0.25, -0.2) is 9.59 Å². The first-order valence-electron chi connectivity index (χ1n) is 9.86. The van der Waals surface area contributed by atoms with Crippen molar-refractivity contribution in [3.8, 4) is 0 Å². The van der Waals surface area contributed by atoms with E-state index in [0.29, 0.717) is 12.1 Å². The van der Waals surface area contributed by atoms with Crippen molar-refractivity contribution in [2.75, 3.05) is 13.7 Å². The first-order chi connectivity index (χ1) is 13.7. The molecule has 2 aromatic rings. The summed E-state index contributed by atoms with van der Waals surface area (Å²) < 4.78 is 10.1. The summed E-state index contributed by atoms with van der Waals surface area (Å²) in [7, 11) is 1.37.